The van der Waals surface area contributed by atoms with Crippen LogP contribution in [-0.2, 0) is 6.42 Å². The lowest BCUT2D eigenvalue weighted by atomic mass is 9.96. The van der Waals surface area contributed by atoms with Crippen molar-refractivity contribution in [2.45, 2.75) is 44.4 Å². The molecule has 1 aromatic carbocycles. The van der Waals surface area contributed by atoms with Crippen LogP contribution in [0.25, 0.3) is 0 Å². The predicted octanol–water partition coefficient (Wildman–Crippen LogP) is 6.31. The maximum atomic E-state index is 3.85. The summed E-state index contributed by atoms with van der Waals surface area (Å²) < 4.78 is 0. The number of rotatable bonds is 5. The van der Waals surface area contributed by atoms with Crippen LogP contribution in [0.1, 0.15) is 59.5 Å². The van der Waals surface area contributed by atoms with Crippen LogP contribution in [-0.4, -0.2) is 0 Å². The summed E-state index contributed by atoms with van der Waals surface area (Å²) in [6.07, 6.45) is 2.30. The number of thiophene rings is 1. The molecule has 0 saturated heterocycles. The second-order valence-electron chi connectivity index (χ2n) is 5.00. The van der Waals surface area contributed by atoms with Gasteiger partial charge >= 0.3 is 0 Å². The average molecular weight is 337 g/mol. The zero-order valence-corrected chi connectivity index (χ0v) is 14.2. The first-order valence-electron chi connectivity index (χ1n) is 6.97. The van der Waals surface area contributed by atoms with Crippen molar-refractivity contribution in [3.8, 4) is 0 Å². The SMILES string of the molecule is CCc1ccsc1C(Br)c1ccc(C(C)CC)cc1. The Hall–Kier alpha value is -0.600. The van der Waals surface area contributed by atoms with Crippen molar-refractivity contribution in [3.63, 3.8) is 0 Å². The third-order valence-electron chi connectivity index (χ3n) is 3.80. The summed E-state index contributed by atoms with van der Waals surface area (Å²) >= 11 is 5.70. The molecule has 0 bridgehead atoms. The molecule has 0 aliphatic rings. The standard InChI is InChI=1S/C17H21BrS/c1-4-12(3)14-6-8-15(9-7-14)16(18)17-13(5-2)10-11-19-17/h6-12,16H,4-5H2,1-3H3. The van der Waals surface area contributed by atoms with Gasteiger partial charge in [0, 0.05) is 4.88 Å². The molecule has 0 fully saturated rings. The second-order valence-corrected chi connectivity index (χ2v) is 6.87. The first-order chi connectivity index (χ1) is 9.17. The second kappa shape index (κ2) is 6.71. The molecule has 2 unspecified atom stereocenters. The van der Waals surface area contributed by atoms with E-state index in [1.54, 1.807) is 0 Å². The van der Waals surface area contributed by atoms with Gasteiger partial charge in [-0.2, -0.15) is 0 Å². The number of alkyl halides is 1. The minimum Gasteiger partial charge on any atom is -0.147 e. The van der Waals surface area contributed by atoms with Crippen molar-refractivity contribution < 1.29 is 0 Å². The van der Waals surface area contributed by atoms with Crippen molar-refractivity contribution in [3.05, 3.63) is 57.3 Å². The van der Waals surface area contributed by atoms with E-state index in [0.717, 1.165) is 6.42 Å². The fourth-order valence-electron chi connectivity index (χ4n) is 2.24. The fourth-order valence-corrected chi connectivity index (χ4v) is 4.16. The van der Waals surface area contributed by atoms with Gasteiger partial charge in [-0.1, -0.05) is 61.0 Å². The lowest BCUT2D eigenvalue weighted by Crippen LogP contribution is -1.96. The minimum atomic E-state index is 0.327. The molecule has 19 heavy (non-hydrogen) atoms. The van der Waals surface area contributed by atoms with Crippen molar-refractivity contribution in [2.24, 2.45) is 0 Å². The van der Waals surface area contributed by atoms with Gasteiger partial charge in [0.2, 0.25) is 0 Å². The van der Waals surface area contributed by atoms with Crippen molar-refractivity contribution >= 4 is 27.3 Å². The van der Waals surface area contributed by atoms with Crippen molar-refractivity contribution in [2.75, 3.05) is 0 Å². The van der Waals surface area contributed by atoms with E-state index in [1.165, 1.54) is 28.0 Å². The van der Waals surface area contributed by atoms with Gasteiger partial charge in [-0.25, -0.2) is 0 Å². The first kappa shape index (κ1) is 14.8. The van der Waals surface area contributed by atoms with Crippen molar-refractivity contribution in [1.82, 2.24) is 0 Å². The van der Waals surface area contributed by atoms with Crippen LogP contribution >= 0.6 is 27.3 Å². The Morgan fingerprint density at radius 1 is 1.05 bits per heavy atom. The van der Waals surface area contributed by atoms with Gasteiger partial charge in [-0.15, -0.1) is 11.3 Å². The zero-order valence-electron chi connectivity index (χ0n) is 11.8. The normalized spacial score (nSPS) is 14.3. The van der Waals surface area contributed by atoms with E-state index in [2.05, 4.69) is 72.4 Å². The molecule has 2 aromatic rings. The maximum absolute atomic E-state index is 3.85. The molecule has 0 aliphatic heterocycles. The third kappa shape index (κ3) is 3.29. The van der Waals surface area contributed by atoms with Crippen LogP contribution in [0.15, 0.2) is 35.7 Å². The summed E-state index contributed by atoms with van der Waals surface area (Å²) in [7, 11) is 0. The number of hydrogen-bond acceptors (Lipinski definition) is 1. The van der Waals surface area contributed by atoms with Gasteiger partial charge in [-0.3, -0.25) is 0 Å². The molecule has 102 valence electrons. The molecule has 0 amide bonds. The molecule has 1 heterocycles. The molecule has 0 radical (unpaired) electrons. The molecule has 0 N–H and O–H groups in total. The highest BCUT2D eigenvalue weighted by Gasteiger charge is 2.15. The summed E-state index contributed by atoms with van der Waals surface area (Å²) in [5, 5.41) is 2.19. The molecule has 0 nitrogen and oxygen atoms in total. The number of aryl methyl sites for hydroxylation is 1. The molecule has 2 rings (SSSR count). The Morgan fingerprint density at radius 2 is 1.68 bits per heavy atom. The molecule has 0 saturated carbocycles. The Kier molecular flexibility index (Phi) is 5.23. The van der Waals surface area contributed by atoms with Crippen LogP contribution in [0.4, 0.5) is 0 Å². The van der Waals surface area contributed by atoms with E-state index in [0.29, 0.717) is 10.7 Å². The van der Waals surface area contributed by atoms with Gasteiger partial charge in [-0.05, 0) is 46.9 Å². The van der Waals surface area contributed by atoms with E-state index < -0.39 is 0 Å². The number of halogens is 1. The quantitative estimate of drug-likeness (QED) is 0.561. The van der Waals surface area contributed by atoms with E-state index >= 15 is 0 Å². The summed E-state index contributed by atoms with van der Waals surface area (Å²) in [6.45, 7) is 6.75. The Labute approximate surface area is 129 Å². The fraction of sp³-hybridized carbons (Fsp3) is 0.412. The Balaban J connectivity index is 2.22. The van der Waals surface area contributed by atoms with Crippen LogP contribution in [0.2, 0.25) is 0 Å². The Morgan fingerprint density at radius 3 is 2.26 bits per heavy atom. The lowest BCUT2D eigenvalue weighted by Gasteiger charge is -2.13. The Bertz CT molecular complexity index is 512. The largest absolute Gasteiger partial charge is 0.147 e. The molecular weight excluding hydrogens is 316 g/mol. The van der Waals surface area contributed by atoms with Gasteiger partial charge in [0.25, 0.3) is 0 Å². The van der Waals surface area contributed by atoms with Crippen LogP contribution in [0.3, 0.4) is 0 Å². The van der Waals surface area contributed by atoms with Gasteiger partial charge in [0.1, 0.15) is 0 Å². The van der Waals surface area contributed by atoms with Crippen molar-refractivity contribution in [1.29, 1.82) is 0 Å². The van der Waals surface area contributed by atoms with Gasteiger partial charge in [0.15, 0.2) is 0 Å². The first-order valence-corrected chi connectivity index (χ1v) is 8.77. The van der Waals surface area contributed by atoms with E-state index in [9.17, 15) is 0 Å². The predicted molar refractivity (Wildman–Crippen MR) is 89.6 cm³/mol. The lowest BCUT2D eigenvalue weighted by molar-refractivity contribution is 0.733. The zero-order chi connectivity index (χ0) is 13.8. The van der Waals surface area contributed by atoms with E-state index in [1.807, 2.05) is 11.3 Å². The molecule has 1 aromatic heterocycles. The van der Waals surface area contributed by atoms with E-state index in [-0.39, 0.29) is 0 Å². The third-order valence-corrected chi connectivity index (χ3v) is 6.12. The highest BCUT2D eigenvalue weighted by atomic mass is 79.9. The summed E-state index contributed by atoms with van der Waals surface area (Å²) in [4.78, 5) is 1.77. The van der Waals surface area contributed by atoms with Gasteiger partial charge < -0.3 is 0 Å². The monoisotopic (exact) mass is 336 g/mol. The van der Waals surface area contributed by atoms with Crippen LogP contribution in [0, 0.1) is 0 Å². The van der Waals surface area contributed by atoms with E-state index in [4.69, 9.17) is 0 Å². The molecule has 2 heteroatoms. The topological polar surface area (TPSA) is 0 Å². The summed E-state index contributed by atoms with van der Waals surface area (Å²) in [5.41, 5.74) is 4.25. The minimum absolute atomic E-state index is 0.327. The number of hydrogen-bond donors (Lipinski definition) is 0. The van der Waals surface area contributed by atoms with Gasteiger partial charge in [0.05, 0.1) is 4.83 Å². The molecule has 0 spiro atoms. The number of benzene rings is 1. The highest BCUT2D eigenvalue weighted by Crippen LogP contribution is 2.37. The van der Waals surface area contributed by atoms with Crippen LogP contribution < -0.4 is 0 Å². The molecule has 0 aliphatic carbocycles. The van der Waals surface area contributed by atoms with Crippen LogP contribution in [0.5, 0.6) is 0 Å². The smallest absolute Gasteiger partial charge is 0.0740 e. The molecule has 2 atom stereocenters. The average Bonchev–Trinajstić information content (AvgIpc) is 2.94. The summed E-state index contributed by atoms with van der Waals surface area (Å²) in [6, 6.07) is 11.3. The maximum Gasteiger partial charge on any atom is 0.0740 e. The summed E-state index contributed by atoms with van der Waals surface area (Å²) in [5.74, 6) is 0.649. The molecular formula is C17H21BrS. The highest BCUT2D eigenvalue weighted by molar-refractivity contribution is 9.09.